The highest BCUT2D eigenvalue weighted by molar-refractivity contribution is 5.56. The van der Waals surface area contributed by atoms with Crippen LogP contribution >= 0.6 is 0 Å². The van der Waals surface area contributed by atoms with Gasteiger partial charge in [0.2, 0.25) is 5.82 Å². The van der Waals surface area contributed by atoms with Gasteiger partial charge in [0.05, 0.1) is 11.0 Å². The van der Waals surface area contributed by atoms with Gasteiger partial charge in [-0.05, 0) is 33.4 Å². The predicted octanol–water partition coefficient (Wildman–Crippen LogP) is 0.949. The van der Waals surface area contributed by atoms with Crippen molar-refractivity contribution in [2.24, 2.45) is 0 Å². The van der Waals surface area contributed by atoms with Gasteiger partial charge in [0, 0.05) is 6.54 Å². The molecule has 1 aliphatic heterocycles. The highest BCUT2D eigenvalue weighted by Gasteiger charge is 2.28. The molecular formula is C10H17N5O2. The summed E-state index contributed by atoms with van der Waals surface area (Å²) in [5.41, 5.74) is 6.15. The van der Waals surface area contributed by atoms with Crippen molar-refractivity contribution in [3.63, 3.8) is 0 Å². The molecule has 7 nitrogen and oxygen atoms in total. The first kappa shape index (κ1) is 11.8. The quantitative estimate of drug-likeness (QED) is 0.613. The molecule has 0 radical (unpaired) electrons. The molecule has 1 atom stereocenters. The topological polar surface area (TPSA) is 90.2 Å². The fraction of sp³-hybridized carbons (Fsp3) is 0.700. The Labute approximate surface area is 99.3 Å². The number of likely N-dealkylation sites (N-methyl/N-ethyl adjacent to an activating group) is 1. The van der Waals surface area contributed by atoms with Crippen LogP contribution in [0.1, 0.15) is 24.6 Å². The van der Waals surface area contributed by atoms with Gasteiger partial charge >= 0.3 is 5.69 Å². The van der Waals surface area contributed by atoms with Gasteiger partial charge in [-0.3, -0.25) is 10.1 Å². The number of aromatic nitrogens is 2. The minimum absolute atomic E-state index is 0.0572. The van der Waals surface area contributed by atoms with E-state index in [0.29, 0.717) is 5.69 Å². The summed E-state index contributed by atoms with van der Waals surface area (Å²) in [6.07, 6.45) is 2.03. The van der Waals surface area contributed by atoms with Crippen LogP contribution in [0.15, 0.2) is 0 Å². The number of hydrogen-bond donors (Lipinski definition) is 1. The summed E-state index contributed by atoms with van der Waals surface area (Å²) in [5.74, 6) is 0.174. The van der Waals surface area contributed by atoms with E-state index in [1.165, 1.54) is 0 Å². The maximum atomic E-state index is 10.9. The molecule has 1 aromatic heterocycles. The minimum Gasteiger partial charge on any atom is -0.378 e. The molecule has 0 amide bonds. The molecule has 0 bridgehead atoms. The van der Waals surface area contributed by atoms with Crippen LogP contribution in [0, 0.1) is 17.0 Å². The lowest BCUT2D eigenvalue weighted by Gasteiger charge is -2.29. The van der Waals surface area contributed by atoms with Crippen molar-refractivity contribution in [2.75, 3.05) is 25.9 Å². The molecular weight excluding hydrogens is 222 g/mol. The van der Waals surface area contributed by atoms with E-state index in [1.54, 1.807) is 11.6 Å². The molecule has 94 valence electrons. The summed E-state index contributed by atoms with van der Waals surface area (Å²) in [6, 6.07) is 0.140. The van der Waals surface area contributed by atoms with Crippen molar-refractivity contribution >= 4 is 11.5 Å². The number of nitro groups is 1. The van der Waals surface area contributed by atoms with Gasteiger partial charge in [-0.1, -0.05) is 0 Å². The van der Waals surface area contributed by atoms with E-state index < -0.39 is 4.92 Å². The molecule has 2 rings (SSSR count). The van der Waals surface area contributed by atoms with Gasteiger partial charge < -0.3 is 10.6 Å². The molecule has 1 aliphatic rings. The van der Waals surface area contributed by atoms with Crippen LogP contribution in [-0.4, -0.2) is 39.7 Å². The van der Waals surface area contributed by atoms with Crippen molar-refractivity contribution in [1.29, 1.82) is 0 Å². The summed E-state index contributed by atoms with van der Waals surface area (Å²) in [4.78, 5) is 12.6. The smallest absolute Gasteiger partial charge is 0.333 e. The Hall–Kier alpha value is -1.63. The summed E-state index contributed by atoms with van der Waals surface area (Å²) in [5, 5.41) is 15.1. The van der Waals surface area contributed by atoms with E-state index in [1.807, 2.05) is 7.05 Å². The van der Waals surface area contributed by atoms with Gasteiger partial charge in [-0.2, -0.15) is 5.10 Å². The lowest BCUT2D eigenvalue weighted by molar-refractivity contribution is -0.384. The average molecular weight is 239 g/mol. The first-order valence-electron chi connectivity index (χ1n) is 5.68. The zero-order valence-electron chi connectivity index (χ0n) is 10.1. The van der Waals surface area contributed by atoms with Crippen LogP contribution in [-0.2, 0) is 0 Å². The van der Waals surface area contributed by atoms with E-state index >= 15 is 0 Å². The number of nitrogens with two attached hydrogens (primary N) is 1. The zero-order chi connectivity index (χ0) is 12.6. The molecule has 17 heavy (non-hydrogen) atoms. The second-order valence-electron chi connectivity index (χ2n) is 4.58. The third-order valence-electron chi connectivity index (χ3n) is 3.22. The van der Waals surface area contributed by atoms with Gasteiger partial charge in [-0.15, -0.1) is 0 Å². The second-order valence-corrected chi connectivity index (χ2v) is 4.58. The molecule has 7 heteroatoms. The molecule has 0 spiro atoms. The predicted molar refractivity (Wildman–Crippen MR) is 63.8 cm³/mol. The Balaban J connectivity index is 2.33. The summed E-state index contributed by atoms with van der Waals surface area (Å²) in [7, 11) is 2.03. The fourth-order valence-corrected chi connectivity index (χ4v) is 2.40. The number of piperidine rings is 1. The molecule has 1 fully saturated rings. The molecule has 2 N–H and O–H groups in total. The van der Waals surface area contributed by atoms with E-state index in [-0.39, 0.29) is 17.5 Å². The Kier molecular flexibility index (Phi) is 3.01. The molecule has 1 unspecified atom stereocenters. The van der Waals surface area contributed by atoms with Gasteiger partial charge in [-0.25, -0.2) is 4.68 Å². The molecule has 1 saturated heterocycles. The van der Waals surface area contributed by atoms with Crippen molar-refractivity contribution in [3.8, 4) is 0 Å². The second kappa shape index (κ2) is 4.33. The summed E-state index contributed by atoms with van der Waals surface area (Å²) in [6.45, 7) is 3.51. The SMILES string of the molecule is Cc1nn(C2CCCN(C)C2)c(N)c1[N+](=O)[O-]. The number of nitrogens with zero attached hydrogens (tertiary/aromatic N) is 4. The Morgan fingerprint density at radius 3 is 2.82 bits per heavy atom. The number of aryl methyl sites for hydroxylation is 1. The normalized spacial score (nSPS) is 21.6. The lowest BCUT2D eigenvalue weighted by atomic mass is 10.1. The van der Waals surface area contributed by atoms with E-state index in [0.717, 1.165) is 25.9 Å². The lowest BCUT2D eigenvalue weighted by Crippen LogP contribution is -2.34. The zero-order valence-corrected chi connectivity index (χ0v) is 10.1. The number of rotatable bonds is 2. The van der Waals surface area contributed by atoms with Gasteiger partial charge in [0.1, 0.15) is 5.69 Å². The van der Waals surface area contributed by atoms with Gasteiger partial charge in [0.15, 0.2) is 0 Å². The maximum absolute atomic E-state index is 10.9. The van der Waals surface area contributed by atoms with E-state index in [9.17, 15) is 10.1 Å². The molecule has 1 aromatic rings. The molecule has 0 aliphatic carbocycles. The number of nitrogen functional groups attached to an aromatic ring is 1. The van der Waals surface area contributed by atoms with E-state index in [2.05, 4.69) is 10.00 Å². The van der Waals surface area contributed by atoms with Gasteiger partial charge in [0.25, 0.3) is 0 Å². The molecule has 0 aromatic carbocycles. The Morgan fingerprint density at radius 2 is 2.29 bits per heavy atom. The largest absolute Gasteiger partial charge is 0.378 e. The van der Waals surface area contributed by atoms with Crippen molar-refractivity contribution in [3.05, 3.63) is 15.8 Å². The van der Waals surface area contributed by atoms with Crippen molar-refractivity contribution < 1.29 is 4.92 Å². The fourth-order valence-electron chi connectivity index (χ4n) is 2.40. The first-order chi connectivity index (χ1) is 8.00. The summed E-state index contributed by atoms with van der Waals surface area (Å²) >= 11 is 0. The first-order valence-corrected chi connectivity index (χ1v) is 5.68. The van der Waals surface area contributed by atoms with Crippen molar-refractivity contribution in [1.82, 2.24) is 14.7 Å². The highest BCUT2D eigenvalue weighted by Crippen LogP contribution is 2.30. The van der Waals surface area contributed by atoms with Crippen molar-refractivity contribution in [2.45, 2.75) is 25.8 Å². The number of hydrogen-bond acceptors (Lipinski definition) is 5. The maximum Gasteiger partial charge on any atom is 0.333 e. The van der Waals surface area contributed by atoms with Crippen LogP contribution in [0.25, 0.3) is 0 Å². The third-order valence-corrected chi connectivity index (χ3v) is 3.22. The molecule has 2 heterocycles. The van der Waals surface area contributed by atoms with Crippen LogP contribution in [0.2, 0.25) is 0 Å². The van der Waals surface area contributed by atoms with Crippen LogP contribution in [0.5, 0.6) is 0 Å². The summed E-state index contributed by atoms with van der Waals surface area (Å²) < 4.78 is 1.61. The Morgan fingerprint density at radius 1 is 1.59 bits per heavy atom. The average Bonchev–Trinajstić information content (AvgIpc) is 2.54. The monoisotopic (exact) mass is 239 g/mol. The van der Waals surface area contributed by atoms with E-state index in [4.69, 9.17) is 5.73 Å². The standard InChI is InChI=1S/C10H17N5O2/c1-7-9(15(16)17)10(11)14(12-7)8-4-3-5-13(2)6-8/h8H,3-6,11H2,1-2H3. The van der Waals surface area contributed by atoms with Crippen LogP contribution < -0.4 is 5.73 Å². The van der Waals surface area contributed by atoms with Crippen LogP contribution in [0.4, 0.5) is 11.5 Å². The number of anilines is 1. The molecule has 0 saturated carbocycles. The minimum atomic E-state index is -0.458. The highest BCUT2D eigenvalue weighted by atomic mass is 16.6. The Bertz CT molecular complexity index is 442. The van der Waals surface area contributed by atoms with Crippen LogP contribution in [0.3, 0.4) is 0 Å². The number of likely N-dealkylation sites (tertiary alicyclic amines) is 1. The third kappa shape index (κ3) is 2.10.